The minimum atomic E-state index is -0.0129. The van der Waals surface area contributed by atoms with Crippen LogP contribution < -0.4 is 0 Å². The maximum Gasteiger partial charge on any atom is 0.180 e. The molecular weight excluding hydrogens is 303 g/mol. The average molecular weight is 330 g/mol. The van der Waals surface area contributed by atoms with Gasteiger partial charge in [-0.05, 0) is 24.5 Å². The summed E-state index contributed by atoms with van der Waals surface area (Å²) in [7, 11) is 0. The quantitative estimate of drug-likeness (QED) is 0.268. The van der Waals surface area contributed by atoms with Crippen LogP contribution in [0.25, 0.3) is 0 Å². The van der Waals surface area contributed by atoms with E-state index in [1.165, 1.54) is 31.8 Å². The molecule has 0 aromatic heterocycles. The van der Waals surface area contributed by atoms with E-state index >= 15 is 0 Å². The van der Waals surface area contributed by atoms with Gasteiger partial charge in [0.25, 0.3) is 0 Å². The summed E-state index contributed by atoms with van der Waals surface area (Å²) >= 11 is 0. The van der Waals surface area contributed by atoms with Crippen LogP contribution in [0, 0.1) is 6.92 Å². The van der Waals surface area contributed by atoms with Crippen LogP contribution >= 0.6 is 0 Å². The molecule has 0 aliphatic heterocycles. The first-order valence-electron chi connectivity index (χ1n) is 6.27. The Morgan fingerprint density at radius 2 is 1.71 bits per heavy atom. The van der Waals surface area contributed by atoms with Crippen LogP contribution in [0.15, 0.2) is 24.8 Å². The van der Waals surface area contributed by atoms with Gasteiger partial charge in [-0.25, -0.2) is 0 Å². The molecule has 17 heavy (non-hydrogen) atoms. The van der Waals surface area contributed by atoms with Gasteiger partial charge in [-0.2, -0.15) is 6.42 Å². The Bertz CT molecular complexity index is 195. The molecule has 0 heterocycles. The minimum Gasteiger partial charge on any atom is -0.343 e. The van der Waals surface area contributed by atoms with Gasteiger partial charge in [0, 0.05) is 20.4 Å². The Morgan fingerprint density at radius 1 is 1.18 bits per heavy atom. The Balaban J connectivity index is -0.000000280. The first-order valence-corrected chi connectivity index (χ1v) is 6.27. The fourth-order valence-corrected chi connectivity index (χ4v) is 1.11. The monoisotopic (exact) mass is 329 g/mol. The third-order valence-electron chi connectivity index (χ3n) is 2.22. The molecule has 0 aliphatic carbocycles. The van der Waals surface area contributed by atoms with E-state index < -0.39 is 0 Å². The summed E-state index contributed by atoms with van der Waals surface area (Å²) in [6.07, 6.45) is 9.21. The molecule has 0 unspecified atom stereocenters. The first kappa shape index (κ1) is 22.0. The van der Waals surface area contributed by atoms with Gasteiger partial charge in [0.2, 0.25) is 0 Å². The van der Waals surface area contributed by atoms with Crippen molar-refractivity contribution in [3.05, 3.63) is 31.7 Å². The molecular formula is C15H27OPd-. The summed E-state index contributed by atoms with van der Waals surface area (Å²) in [5.41, 5.74) is 0.688. The number of carbonyl (C=O) groups is 1. The molecule has 0 atom stereocenters. The number of rotatable bonds is 8. The zero-order chi connectivity index (χ0) is 12.8. The second kappa shape index (κ2) is 18.2. The smallest absolute Gasteiger partial charge is 0.180 e. The topological polar surface area (TPSA) is 17.1 Å². The molecule has 1 nitrogen and oxygen atoms in total. The molecule has 0 saturated heterocycles. The van der Waals surface area contributed by atoms with Crippen LogP contribution in [-0.2, 0) is 25.2 Å². The SMILES string of the molecule is C=CC(=O)C(=C)CCCCC.[CH2-]CCCC.[Pd]. The van der Waals surface area contributed by atoms with E-state index in [2.05, 4.69) is 33.9 Å². The van der Waals surface area contributed by atoms with Gasteiger partial charge in [-0.15, -0.1) is 0 Å². The third-order valence-corrected chi connectivity index (χ3v) is 2.22. The second-order valence-electron chi connectivity index (χ2n) is 3.84. The maximum absolute atomic E-state index is 10.9. The number of unbranched alkanes of at least 4 members (excludes halogenated alkanes) is 4. The van der Waals surface area contributed by atoms with Gasteiger partial charge in [-0.3, -0.25) is 4.79 Å². The van der Waals surface area contributed by atoms with Crippen molar-refractivity contribution in [3.8, 4) is 0 Å². The van der Waals surface area contributed by atoms with Crippen molar-refractivity contribution in [3.63, 3.8) is 0 Å². The Morgan fingerprint density at radius 3 is 2.00 bits per heavy atom. The van der Waals surface area contributed by atoms with Gasteiger partial charge in [-0.1, -0.05) is 52.7 Å². The van der Waals surface area contributed by atoms with E-state index in [1.807, 2.05) is 0 Å². The molecule has 0 aliphatic rings. The molecule has 0 spiro atoms. The normalized spacial score (nSPS) is 8.41. The van der Waals surface area contributed by atoms with Crippen molar-refractivity contribution in [2.24, 2.45) is 0 Å². The zero-order valence-corrected chi connectivity index (χ0v) is 12.9. The maximum atomic E-state index is 10.9. The largest absolute Gasteiger partial charge is 0.343 e. The van der Waals surface area contributed by atoms with Crippen molar-refractivity contribution in [1.82, 2.24) is 0 Å². The molecule has 0 amide bonds. The molecule has 0 aromatic carbocycles. The summed E-state index contributed by atoms with van der Waals surface area (Å²) in [6, 6.07) is 0. The Kier molecular flexibility index (Phi) is 23.6. The fourth-order valence-electron chi connectivity index (χ4n) is 1.11. The van der Waals surface area contributed by atoms with Crippen molar-refractivity contribution < 1.29 is 25.2 Å². The van der Waals surface area contributed by atoms with Crippen LogP contribution in [0.1, 0.15) is 58.8 Å². The number of allylic oxidation sites excluding steroid dienone is 2. The van der Waals surface area contributed by atoms with Crippen LogP contribution in [-0.4, -0.2) is 5.78 Å². The minimum absolute atomic E-state index is 0. The molecule has 0 saturated carbocycles. The Labute approximate surface area is 121 Å². The van der Waals surface area contributed by atoms with Crippen molar-refractivity contribution in [2.75, 3.05) is 0 Å². The molecule has 104 valence electrons. The average Bonchev–Trinajstić information content (AvgIpc) is 2.30. The van der Waals surface area contributed by atoms with Crippen LogP contribution in [0.3, 0.4) is 0 Å². The van der Waals surface area contributed by atoms with Gasteiger partial charge in [0.15, 0.2) is 5.78 Å². The van der Waals surface area contributed by atoms with Gasteiger partial charge >= 0.3 is 0 Å². The van der Waals surface area contributed by atoms with Gasteiger partial charge < -0.3 is 6.92 Å². The van der Waals surface area contributed by atoms with Crippen molar-refractivity contribution in [1.29, 1.82) is 0 Å². The molecule has 0 radical (unpaired) electrons. The predicted octanol–water partition coefficient (Wildman–Crippen LogP) is 4.89. The summed E-state index contributed by atoms with van der Waals surface area (Å²) in [5.74, 6) is -0.0129. The van der Waals surface area contributed by atoms with E-state index in [4.69, 9.17) is 0 Å². The van der Waals surface area contributed by atoms with E-state index in [-0.39, 0.29) is 26.2 Å². The van der Waals surface area contributed by atoms with E-state index in [0.29, 0.717) is 5.57 Å². The van der Waals surface area contributed by atoms with Crippen LogP contribution in [0.5, 0.6) is 0 Å². The Hall–Kier alpha value is -0.188. The second-order valence-corrected chi connectivity index (χ2v) is 3.84. The van der Waals surface area contributed by atoms with Gasteiger partial charge in [0.05, 0.1) is 0 Å². The standard InChI is InChI=1S/C10H16O.C5H11.Pd/c1-4-6-7-8-9(3)10(11)5-2;1-3-5-4-2;/h5H,2-4,6-8H2,1H3;1,3-5H2,2H3;/q;-1;. The summed E-state index contributed by atoms with van der Waals surface area (Å²) in [6.45, 7) is 15.1. The zero-order valence-electron chi connectivity index (χ0n) is 11.4. The molecule has 0 N–H and O–H groups in total. The molecule has 2 heteroatoms. The molecule has 0 aromatic rings. The van der Waals surface area contributed by atoms with Crippen molar-refractivity contribution in [2.45, 2.75) is 58.8 Å². The molecule has 0 fully saturated rings. The third kappa shape index (κ3) is 18.4. The predicted molar refractivity (Wildman–Crippen MR) is 73.4 cm³/mol. The van der Waals surface area contributed by atoms with E-state index in [9.17, 15) is 4.79 Å². The van der Waals surface area contributed by atoms with E-state index in [1.54, 1.807) is 0 Å². The number of carbonyl (C=O) groups excluding carboxylic acids is 1. The van der Waals surface area contributed by atoms with Gasteiger partial charge in [0.1, 0.15) is 0 Å². The summed E-state index contributed by atoms with van der Waals surface area (Å²) in [5, 5.41) is 0. The summed E-state index contributed by atoms with van der Waals surface area (Å²) < 4.78 is 0. The van der Waals surface area contributed by atoms with E-state index in [0.717, 1.165) is 19.3 Å². The number of ketones is 1. The van der Waals surface area contributed by atoms with Crippen LogP contribution in [0.2, 0.25) is 0 Å². The van der Waals surface area contributed by atoms with Crippen LogP contribution in [0.4, 0.5) is 0 Å². The fraction of sp³-hybridized carbons (Fsp3) is 0.600. The number of hydrogen-bond acceptors (Lipinski definition) is 1. The number of hydrogen-bond donors (Lipinski definition) is 0. The molecule has 0 rings (SSSR count). The first-order chi connectivity index (χ1) is 7.63. The summed E-state index contributed by atoms with van der Waals surface area (Å²) in [4.78, 5) is 10.9. The van der Waals surface area contributed by atoms with Crippen molar-refractivity contribution >= 4 is 5.78 Å². The molecule has 0 bridgehead atoms.